The van der Waals surface area contributed by atoms with Gasteiger partial charge in [0.25, 0.3) is 0 Å². The van der Waals surface area contributed by atoms with Crippen LogP contribution in [0.1, 0.15) is 50.9 Å². The number of ketones is 1. The third-order valence-corrected chi connectivity index (χ3v) is 105. The second kappa shape index (κ2) is 23.4. The van der Waals surface area contributed by atoms with Crippen molar-refractivity contribution in [3.8, 4) is 0 Å². The number of rotatable bonds is 13. The Morgan fingerprint density at radius 3 is 1.88 bits per heavy atom. The number of benzene rings is 1. The molecular weight excluding hydrogens is 1310 g/mol. The Kier molecular flexibility index (Phi) is 23.6. The maximum atomic E-state index is 15.6. The van der Waals surface area contributed by atoms with Gasteiger partial charge in [-0.3, -0.25) is 4.79 Å². The van der Waals surface area contributed by atoms with Crippen molar-refractivity contribution in [2.75, 3.05) is 6.61 Å². The summed E-state index contributed by atoms with van der Waals surface area (Å²) in [7, 11) is 30.3. The summed E-state index contributed by atoms with van der Waals surface area (Å²) in [6.45, 7) is 2.71. The maximum absolute atomic E-state index is 15.6. The van der Waals surface area contributed by atoms with Crippen LogP contribution in [0.5, 0.6) is 0 Å². The van der Waals surface area contributed by atoms with E-state index in [1.807, 2.05) is 20.8 Å². The smallest absolute Gasteiger partial charge is 0.338 e. The third kappa shape index (κ3) is 11.5. The molecule has 1 radical (unpaired) electrons. The Balaban J connectivity index is 0.00000720. The van der Waals surface area contributed by atoms with Crippen LogP contribution in [0.4, 0.5) is 0 Å². The van der Waals surface area contributed by atoms with Gasteiger partial charge in [0.1, 0.15) is 23.4 Å². The number of aliphatic hydroxyl groups excluding tert-OH is 1. The SMILES string of the molecule is CC1=C2C(O)C(=O)[C@]3(C)C(OP(P(P)P)P(P)P)CC4OCC4(O)C3C(OC(=O)c3ccccc3)C(O)(CC1OP(P(P)P(P)P)P(P(P)P)P(P)P)C2(C)C.[Ac]. The Morgan fingerprint density at radius 2 is 1.40 bits per heavy atom. The summed E-state index contributed by atoms with van der Waals surface area (Å²) in [6.07, 6.45) is -5.18. The number of aliphatic hydroxyl groups is 3. The zero-order chi connectivity index (χ0) is 42.0. The van der Waals surface area contributed by atoms with Gasteiger partial charge < -0.3 is 33.8 Å². The zero-order valence-electron chi connectivity index (χ0n) is 31.7. The summed E-state index contributed by atoms with van der Waals surface area (Å²) in [6, 6.07) is 8.58. The zero-order valence-corrected chi connectivity index (χ0v) is 57.2. The van der Waals surface area contributed by atoms with Crippen LogP contribution < -0.4 is 0 Å². The molecule has 0 amide bonds. The molecule has 3 N–H and O–H groups in total. The molecule has 1 saturated heterocycles. The van der Waals surface area contributed by atoms with E-state index in [-0.39, 0.29) is 69.1 Å². The minimum atomic E-state index is -1.94. The first-order valence-corrected chi connectivity index (χ1v) is 51.5. The molecule has 1 aromatic carbocycles. The molecule has 30 heteroatoms. The number of carbonyl (C=O) groups excluding carboxylic acids is 2. The molecule has 1 aromatic rings. The van der Waals surface area contributed by atoms with Gasteiger partial charge in [-0.2, -0.15) is 0 Å². The fourth-order valence-electron chi connectivity index (χ4n) is 8.51. The van der Waals surface area contributed by atoms with Crippen LogP contribution in [-0.2, 0) is 23.3 Å². The van der Waals surface area contributed by atoms with Gasteiger partial charge in [0, 0.05) is 82.2 Å². The van der Waals surface area contributed by atoms with Crippen LogP contribution in [0.3, 0.4) is 0 Å². The number of ether oxygens (including phenoxy) is 2. The second-order valence-electron chi connectivity index (χ2n) is 14.8. The Bertz CT molecular complexity index is 1630. The molecule has 57 heavy (non-hydrogen) atoms. The molecule has 4 aliphatic rings. The van der Waals surface area contributed by atoms with Crippen molar-refractivity contribution >= 4 is 174 Å². The van der Waals surface area contributed by atoms with Crippen LogP contribution in [0, 0.1) is 60.8 Å². The van der Waals surface area contributed by atoms with Gasteiger partial charge in [0.05, 0.1) is 50.9 Å². The van der Waals surface area contributed by atoms with Gasteiger partial charge in [0.2, 0.25) is 0 Å². The van der Waals surface area contributed by atoms with Crippen molar-refractivity contribution in [3.63, 3.8) is 0 Å². The fourth-order valence-corrected chi connectivity index (χ4v) is 137. The monoisotopic (exact) mass is 1370 g/mol. The average molecular weight is 1370 g/mol. The van der Waals surface area contributed by atoms with Crippen molar-refractivity contribution in [1.82, 2.24) is 0 Å². The topological polar surface area (TPSA) is 132 Å². The first-order valence-electron chi connectivity index (χ1n) is 16.9. The number of Topliss-reactive ketones (excluding diaryl/α,β-unsaturated/α-hetero) is 1. The van der Waals surface area contributed by atoms with Gasteiger partial charge in [-0.25, -0.2) is 4.79 Å². The predicted octanol–water partition coefficient (Wildman–Crippen LogP) is 12.8. The van der Waals surface area contributed by atoms with Crippen LogP contribution in [0.15, 0.2) is 41.5 Å². The standard InChI is InChI=1S/C27H54O9P20.Ac/c1-13-15(35-49(55(47)52(41)42)56(53(43)44)54(45)46)11-27(32)22(34-23(30)14-8-6-5-7-9-14)20-25(4,21(29)19(28)18(13)24(27,2)3)16(10-17-26(20,31)12-33-17)36-48(50(37)38)51(39)40;/h5-9,15-17,19-20,22,28,31-32H,10-12,37-47H2,1-4H3;/t15?,16?,17?,19?,20?,22?,25-,26?,27?,49?,55?;/m1./s1. The number of hydrogen-bond acceptors (Lipinski definition) is 9. The van der Waals surface area contributed by atoms with E-state index in [1.165, 1.54) is 0 Å². The van der Waals surface area contributed by atoms with E-state index < -0.39 is 134 Å². The number of hydrogen-bond donors (Lipinski definition) is 3. The van der Waals surface area contributed by atoms with Crippen molar-refractivity contribution in [1.29, 1.82) is 0 Å². The van der Waals surface area contributed by atoms with E-state index in [1.54, 1.807) is 37.3 Å². The van der Waals surface area contributed by atoms with Crippen LogP contribution >= 0.6 is 162 Å². The number of fused-ring (bicyclic) bond motifs is 5. The fraction of sp³-hybridized carbons (Fsp3) is 0.630. The molecule has 0 aromatic heterocycles. The molecule has 2 saturated carbocycles. The van der Waals surface area contributed by atoms with E-state index >= 15 is 4.79 Å². The van der Waals surface area contributed by atoms with Crippen LogP contribution in [0.2, 0.25) is 0 Å². The molecule has 9 nitrogen and oxygen atoms in total. The van der Waals surface area contributed by atoms with Crippen molar-refractivity contribution in [2.45, 2.75) is 82.3 Å². The molecule has 319 valence electrons. The molecule has 0 spiro atoms. The summed E-state index contributed by atoms with van der Waals surface area (Å²) < 4.78 is 27.1. The molecule has 3 aliphatic carbocycles. The first kappa shape index (κ1) is 57.5. The summed E-state index contributed by atoms with van der Waals surface area (Å²) in [4.78, 5) is 29.9. The van der Waals surface area contributed by atoms with Gasteiger partial charge >= 0.3 is 5.97 Å². The van der Waals surface area contributed by atoms with E-state index in [9.17, 15) is 20.1 Å². The third-order valence-electron chi connectivity index (χ3n) is 11.4. The van der Waals surface area contributed by atoms with Gasteiger partial charge in [0.15, 0.2) is 5.78 Å². The predicted molar refractivity (Wildman–Crippen MR) is 292 cm³/mol. The minimum absolute atomic E-state index is 0. The molecule has 5 rings (SSSR count). The molecule has 21 unspecified atom stereocenters. The Labute approximate surface area is 409 Å². The van der Waals surface area contributed by atoms with Crippen molar-refractivity contribution in [2.24, 2.45) is 16.7 Å². The largest absolute Gasteiger partial charge is 0.455 e. The summed E-state index contributed by atoms with van der Waals surface area (Å²) in [5.74, 6) is -2.44. The van der Waals surface area contributed by atoms with E-state index in [4.69, 9.17) is 18.5 Å². The molecule has 1 heterocycles. The quantitative estimate of drug-likeness (QED) is 0.100. The van der Waals surface area contributed by atoms with Crippen LogP contribution in [0.25, 0.3) is 0 Å². The Morgan fingerprint density at radius 1 is 0.842 bits per heavy atom. The average Bonchev–Trinajstić information content (AvgIpc) is 3.10. The van der Waals surface area contributed by atoms with Gasteiger partial charge in [-0.1, -0.05) is 41.0 Å². The minimum Gasteiger partial charge on any atom is -0.455 e. The summed E-state index contributed by atoms with van der Waals surface area (Å²) in [5, 5.41) is 39.3. The molecule has 22 atom stereocenters. The summed E-state index contributed by atoms with van der Waals surface area (Å²) in [5.41, 5.74) is -5.21. The molecule has 2 bridgehead atoms. The van der Waals surface area contributed by atoms with Crippen molar-refractivity contribution < 1.29 is 87.5 Å². The van der Waals surface area contributed by atoms with E-state index in [0.29, 0.717) is 11.1 Å². The number of esters is 1. The Hall–Kier alpha value is 7.90. The molecule has 1 aliphatic heterocycles. The second-order valence-corrected chi connectivity index (χ2v) is 87.2. The number of carbonyl (C=O) groups is 2. The molecular formula is C27H54AcO9P20. The van der Waals surface area contributed by atoms with Gasteiger partial charge in [-0.05, 0) is 72.1 Å². The van der Waals surface area contributed by atoms with Crippen LogP contribution in [-0.4, -0.2) is 75.4 Å². The van der Waals surface area contributed by atoms with E-state index in [0.717, 1.165) is 0 Å². The van der Waals surface area contributed by atoms with E-state index in [2.05, 4.69) is 98.2 Å². The van der Waals surface area contributed by atoms with Crippen molar-refractivity contribution in [3.05, 3.63) is 47.0 Å². The van der Waals surface area contributed by atoms with Gasteiger partial charge in [-0.15, -0.1) is 89.3 Å². The summed E-state index contributed by atoms with van der Waals surface area (Å²) >= 11 is 0. The normalized spacial score (nSPS) is 34.9. The first-order chi connectivity index (χ1) is 25.9. The molecule has 3 fully saturated rings. The maximum Gasteiger partial charge on any atom is 0.338 e.